The first-order valence-electron chi connectivity index (χ1n) is 7.96. The van der Waals surface area contributed by atoms with Crippen LogP contribution >= 0.6 is 23.2 Å². The quantitative estimate of drug-likeness (QED) is 0.599. The molecule has 3 rings (SSSR count). The average molecular weight is 384 g/mol. The summed E-state index contributed by atoms with van der Waals surface area (Å²) in [5.74, 6) is -0.442. The number of amides is 1. The van der Waals surface area contributed by atoms with Gasteiger partial charge in [0.1, 0.15) is 0 Å². The third kappa shape index (κ3) is 4.51. The second kappa shape index (κ2) is 8.17. The van der Waals surface area contributed by atoms with Crippen molar-refractivity contribution in [1.29, 1.82) is 0 Å². The summed E-state index contributed by atoms with van der Waals surface area (Å²) in [6, 6.07) is 20.8. The first kappa shape index (κ1) is 18.2. The number of anilines is 1. The average Bonchev–Trinajstić information content (AvgIpc) is 2.63. The maximum atomic E-state index is 12.8. The van der Waals surface area contributed by atoms with Crippen LogP contribution in [0.1, 0.15) is 21.5 Å². The highest BCUT2D eigenvalue weighted by Gasteiger charge is 2.16. The van der Waals surface area contributed by atoms with Crippen molar-refractivity contribution in [3.63, 3.8) is 0 Å². The fourth-order valence-corrected chi connectivity index (χ4v) is 2.97. The Morgan fingerprint density at radius 3 is 2.27 bits per heavy atom. The van der Waals surface area contributed by atoms with Crippen LogP contribution in [0.25, 0.3) is 0 Å². The first-order chi connectivity index (χ1) is 12.5. The number of benzene rings is 3. The van der Waals surface area contributed by atoms with E-state index in [0.717, 1.165) is 5.56 Å². The summed E-state index contributed by atoms with van der Waals surface area (Å²) in [5, 5.41) is 3.79. The number of hydrogen-bond acceptors (Lipinski definition) is 2. The molecule has 130 valence electrons. The highest BCUT2D eigenvalue weighted by molar-refractivity contribution is 6.31. The molecule has 5 heteroatoms. The smallest absolute Gasteiger partial charge is 0.228 e. The maximum Gasteiger partial charge on any atom is 0.228 e. The number of halogens is 2. The minimum absolute atomic E-state index is 0.155. The van der Waals surface area contributed by atoms with Gasteiger partial charge in [-0.05, 0) is 35.9 Å². The molecule has 3 aromatic rings. The molecule has 1 amide bonds. The van der Waals surface area contributed by atoms with Crippen LogP contribution in [0, 0.1) is 0 Å². The van der Waals surface area contributed by atoms with Crippen molar-refractivity contribution >= 4 is 40.6 Å². The van der Waals surface area contributed by atoms with Gasteiger partial charge in [-0.25, -0.2) is 0 Å². The number of carbonyl (C=O) groups is 2. The van der Waals surface area contributed by atoms with Crippen molar-refractivity contribution in [2.45, 2.75) is 6.42 Å². The lowest BCUT2D eigenvalue weighted by Crippen LogP contribution is -2.17. The number of rotatable bonds is 5. The van der Waals surface area contributed by atoms with Crippen molar-refractivity contribution in [2.24, 2.45) is 0 Å². The summed E-state index contributed by atoms with van der Waals surface area (Å²) in [6.45, 7) is 0. The number of ketones is 1. The van der Waals surface area contributed by atoms with Crippen LogP contribution in [0.5, 0.6) is 0 Å². The lowest BCUT2D eigenvalue weighted by atomic mass is 10.0. The van der Waals surface area contributed by atoms with Gasteiger partial charge in [-0.1, -0.05) is 65.7 Å². The molecule has 0 fully saturated rings. The fourth-order valence-electron chi connectivity index (χ4n) is 2.59. The Morgan fingerprint density at radius 1 is 0.808 bits per heavy atom. The van der Waals surface area contributed by atoms with Crippen LogP contribution in [0.2, 0.25) is 10.0 Å². The monoisotopic (exact) mass is 383 g/mol. The minimum Gasteiger partial charge on any atom is -0.325 e. The molecule has 0 radical (unpaired) electrons. The van der Waals surface area contributed by atoms with E-state index in [1.54, 1.807) is 60.7 Å². The van der Waals surface area contributed by atoms with E-state index in [1.165, 1.54) is 0 Å². The van der Waals surface area contributed by atoms with Crippen LogP contribution in [0.4, 0.5) is 5.69 Å². The van der Waals surface area contributed by atoms with Gasteiger partial charge in [-0.15, -0.1) is 0 Å². The first-order valence-corrected chi connectivity index (χ1v) is 8.72. The van der Waals surface area contributed by atoms with Gasteiger partial charge >= 0.3 is 0 Å². The van der Waals surface area contributed by atoms with Crippen LogP contribution in [0.15, 0.2) is 72.8 Å². The predicted octanol–water partition coefficient (Wildman–Crippen LogP) is 5.41. The normalized spacial score (nSPS) is 10.4. The van der Waals surface area contributed by atoms with Gasteiger partial charge in [-0.2, -0.15) is 0 Å². The van der Waals surface area contributed by atoms with Gasteiger partial charge in [0.05, 0.1) is 12.1 Å². The van der Waals surface area contributed by atoms with Crippen molar-refractivity contribution in [3.8, 4) is 0 Å². The second-order valence-electron chi connectivity index (χ2n) is 5.74. The molecule has 0 bridgehead atoms. The van der Waals surface area contributed by atoms with E-state index >= 15 is 0 Å². The molecular weight excluding hydrogens is 369 g/mol. The highest BCUT2D eigenvalue weighted by Crippen LogP contribution is 2.24. The van der Waals surface area contributed by atoms with Crippen molar-refractivity contribution in [2.75, 3.05) is 5.32 Å². The lowest BCUT2D eigenvalue weighted by molar-refractivity contribution is -0.115. The molecular formula is C21H15Cl2NO2. The zero-order valence-electron chi connectivity index (χ0n) is 13.7. The Balaban J connectivity index is 1.84. The summed E-state index contributed by atoms with van der Waals surface area (Å²) >= 11 is 12.0. The summed E-state index contributed by atoms with van der Waals surface area (Å²) < 4.78 is 0. The third-order valence-corrected chi connectivity index (χ3v) is 4.26. The van der Waals surface area contributed by atoms with Gasteiger partial charge in [-0.3, -0.25) is 9.59 Å². The molecule has 0 aliphatic carbocycles. The summed E-state index contributed by atoms with van der Waals surface area (Å²) in [6.07, 6.45) is 0.155. The number of carbonyl (C=O) groups excluding carboxylic acids is 2. The predicted molar refractivity (Wildman–Crippen MR) is 105 cm³/mol. The van der Waals surface area contributed by atoms with Crippen LogP contribution in [-0.4, -0.2) is 11.7 Å². The van der Waals surface area contributed by atoms with Gasteiger partial charge in [0.2, 0.25) is 5.91 Å². The Hall–Kier alpha value is -2.62. The molecule has 0 aliphatic rings. The molecule has 1 N–H and O–H groups in total. The fraction of sp³-hybridized carbons (Fsp3) is 0.0476. The maximum absolute atomic E-state index is 12.8. The van der Waals surface area contributed by atoms with E-state index in [1.807, 2.05) is 12.1 Å². The number of nitrogens with one attached hydrogen (secondary N) is 1. The molecule has 0 saturated heterocycles. The minimum atomic E-state index is -0.239. The molecule has 26 heavy (non-hydrogen) atoms. The largest absolute Gasteiger partial charge is 0.325 e. The Bertz CT molecular complexity index is 955. The molecule has 0 atom stereocenters. The van der Waals surface area contributed by atoms with Crippen LogP contribution in [-0.2, 0) is 11.2 Å². The standard InChI is InChI=1S/C21H15Cl2NO2/c22-16-8-4-5-14(11-16)12-20(25)24-19-10-9-17(23)13-18(19)21(26)15-6-2-1-3-7-15/h1-11,13H,12H2,(H,24,25). The number of hydrogen-bond donors (Lipinski definition) is 1. The summed E-state index contributed by atoms with van der Waals surface area (Å²) in [5.41, 5.74) is 2.10. The van der Waals surface area contributed by atoms with Gasteiger partial charge in [0, 0.05) is 21.2 Å². The van der Waals surface area contributed by atoms with E-state index in [-0.39, 0.29) is 18.1 Å². The summed E-state index contributed by atoms with van der Waals surface area (Å²) in [7, 11) is 0. The van der Waals surface area contributed by atoms with Crippen molar-refractivity contribution < 1.29 is 9.59 Å². The zero-order chi connectivity index (χ0) is 18.5. The third-order valence-electron chi connectivity index (χ3n) is 3.79. The lowest BCUT2D eigenvalue weighted by Gasteiger charge is -2.11. The summed E-state index contributed by atoms with van der Waals surface area (Å²) in [4.78, 5) is 25.2. The molecule has 0 heterocycles. The van der Waals surface area contributed by atoms with Gasteiger partial charge in [0.25, 0.3) is 0 Å². The van der Waals surface area contributed by atoms with Crippen molar-refractivity contribution in [3.05, 3.63) is 99.5 Å². The Morgan fingerprint density at radius 2 is 1.54 bits per heavy atom. The van der Waals surface area contributed by atoms with E-state index in [9.17, 15) is 9.59 Å². The SMILES string of the molecule is O=C(Cc1cccc(Cl)c1)Nc1ccc(Cl)cc1C(=O)c1ccccc1. The molecule has 3 nitrogen and oxygen atoms in total. The van der Waals surface area contributed by atoms with Gasteiger partial charge in [0.15, 0.2) is 5.78 Å². The second-order valence-corrected chi connectivity index (χ2v) is 6.61. The van der Waals surface area contributed by atoms with Crippen LogP contribution in [0.3, 0.4) is 0 Å². The topological polar surface area (TPSA) is 46.2 Å². The highest BCUT2D eigenvalue weighted by atomic mass is 35.5. The van der Waals surface area contributed by atoms with E-state index < -0.39 is 0 Å². The molecule has 3 aromatic carbocycles. The molecule has 0 spiro atoms. The van der Waals surface area contributed by atoms with E-state index in [0.29, 0.717) is 26.9 Å². The van der Waals surface area contributed by atoms with E-state index in [2.05, 4.69) is 5.32 Å². The zero-order valence-corrected chi connectivity index (χ0v) is 15.2. The Labute approximate surface area is 161 Å². The molecule has 0 aliphatic heterocycles. The van der Waals surface area contributed by atoms with Crippen molar-refractivity contribution in [1.82, 2.24) is 0 Å². The molecule has 0 saturated carbocycles. The Kier molecular flexibility index (Phi) is 5.71. The molecule has 0 aromatic heterocycles. The van der Waals surface area contributed by atoms with E-state index in [4.69, 9.17) is 23.2 Å². The van der Waals surface area contributed by atoms with Crippen LogP contribution < -0.4 is 5.32 Å². The van der Waals surface area contributed by atoms with Gasteiger partial charge < -0.3 is 5.32 Å². The molecule has 0 unspecified atom stereocenters.